The number of H-pyrrole nitrogens is 1. The molecule has 3 heteroatoms. The normalized spacial score (nSPS) is 23.2. The van der Waals surface area contributed by atoms with E-state index in [1.807, 2.05) is 36.4 Å². The van der Waals surface area contributed by atoms with Crippen LogP contribution in [0.1, 0.15) is 54.5 Å². The van der Waals surface area contributed by atoms with Gasteiger partial charge in [-0.15, -0.1) is 0 Å². The molecule has 3 heterocycles. The molecule has 26 heavy (non-hydrogen) atoms. The number of fused-ring (bicyclic) bond motifs is 2. The molecule has 134 valence electrons. The van der Waals surface area contributed by atoms with Gasteiger partial charge in [0.1, 0.15) is 0 Å². The lowest BCUT2D eigenvalue weighted by atomic mass is 9.85. The van der Waals surface area contributed by atoms with Gasteiger partial charge >= 0.3 is 0 Å². The molecule has 3 aromatic rings. The van der Waals surface area contributed by atoms with Crippen molar-refractivity contribution in [3.8, 4) is 0 Å². The van der Waals surface area contributed by atoms with E-state index in [9.17, 15) is 4.79 Å². The number of carbonyl (C=O) groups is 1. The molecular formula is C23H26N2O. The summed E-state index contributed by atoms with van der Waals surface area (Å²) in [5.41, 5.74) is 4.07. The number of benzene rings is 2. The predicted octanol–water partition coefficient (Wildman–Crippen LogP) is 4.99. The van der Waals surface area contributed by atoms with E-state index in [1.54, 1.807) is 0 Å². The fourth-order valence-electron chi connectivity index (χ4n) is 4.88. The molecule has 1 N–H and O–H groups in total. The number of carbonyl (C=O) groups excluding carboxylic acids is 1. The van der Waals surface area contributed by atoms with Gasteiger partial charge in [0.05, 0.1) is 0 Å². The summed E-state index contributed by atoms with van der Waals surface area (Å²) in [7, 11) is 0. The zero-order chi connectivity index (χ0) is 17.5. The van der Waals surface area contributed by atoms with Gasteiger partial charge in [0.15, 0.2) is 5.78 Å². The second-order valence-corrected chi connectivity index (χ2v) is 7.75. The van der Waals surface area contributed by atoms with Gasteiger partial charge in [-0.25, -0.2) is 0 Å². The van der Waals surface area contributed by atoms with Crippen LogP contribution in [0.5, 0.6) is 0 Å². The Kier molecular flexibility index (Phi) is 3.90. The number of aromatic amines is 1. The Morgan fingerprint density at radius 3 is 2.81 bits per heavy atom. The number of hydrogen-bond donors (Lipinski definition) is 1. The van der Waals surface area contributed by atoms with Crippen LogP contribution in [-0.2, 0) is 0 Å². The summed E-state index contributed by atoms with van der Waals surface area (Å²) in [4.78, 5) is 18.9. The quantitative estimate of drug-likeness (QED) is 0.679. The average Bonchev–Trinajstić information content (AvgIpc) is 3.33. The van der Waals surface area contributed by atoms with Crippen molar-refractivity contribution in [1.29, 1.82) is 0 Å². The van der Waals surface area contributed by atoms with Crippen LogP contribution in [0.15, 0.2) is 54.7 Å². The van der Waals surface area contributed by atoms with Gasteiger partial charge in [-0.2, -0.15) is 0 Å². The van der Waals surface area contributed by atoms with Crippen molar-refractivity contribution in [3.05, 3.63) is 71.4 Å². The minimum atomic E-state index is 0. The van der Waals surface area contributed by atoms with Gasteiger partial charge in [0.2, 0.25) is 0 Å². The highest BCUT2D eigenvalue weighted by Crippen LogP contribution is 2.39. The molecule has 2 aliphatic heterocycles. The lowest BCUT2D eigenvalue weighted by molar-refractivity contribution is 0.103. The van der Waals surface area contributed by atoms with Crippen LogP contribution < -0.4 is 0 Å². The fraction of sp³-hybridized carbons (Fsp3) is 0.348. The maximum absolute atomic E-state index is 12.8. The van der Waals surface area contributed by atoms with Gasteiger partial charge in [0, 0.05) is 35.7 Å². The number of aromatic nitrogens is 1. The molecule has 3 nitrogen and oxygen atoms in total. The predicted molar refractivity (Wildman–Crippen MR) is 107 cm³/mol. The largest absolute Gasteiger partial charge is 0.361 e. The van der Waals surface area contributed by atoms with Gasteiger partial charge in [0.25, 0.3) is 0 Å². The maximum atomic E-state index is 12.8. The van der Waals surface area contributed by atoms with Crippen molar-refractivity contribution in [2.24, 2.45) is 0 Å². The van der Waals surface area contributed by atoms with Crippen LogP contribution in [0.3, 0.4) is 0 Å². The van der Waals surface area contributed by atoms with E-state index in [4.69, 9.17) is 0 Å². The number of ketones is 1. The molecule has 0 radical (unpaired) electrons. The van der Waals surface area contributed by atoms with Crippen molar-refractivity contribution < 1.29 is 6.22 Å². The fourth-order valence-corrected chi connectivity index (χ4v) is 4.88. The zero-order valence-electron chi connectivity index (χ0n) is 14.9. The standard InChI is InChI=1S/C23H24N2O.H2/c26-23(16-5-2-1-3-6-16)18-8-9-22-20(14-18)21(15-24-22)17-10-12-25-11-4-7-19(25)13-17;/h1-3,5-6,8-9,14-15,17,19,24H,4,7,10-13H2;1H. The molecular weight excluding hydrogens is 320 g/mol. The van der Waals surface area contributed by atoms with Gasteiger partial charge in [-0.3, -0.25) is 4.79 Å². The van der Waals surface area contributed by atoms with Crippen molar-refractivity contribution >= 4 is 16.7 Å². The Balaban J connectivity index is 0.00000180. The summed E-state index contributed by atoms with van der Waals surface area (Å²) in [6.45, 7) is 2.49. The van der Waals surface area contributed by atoms with E-state index in [-0.39, 0.29) is 7.21 Å². The first-order valence-corrected chi connectivity index (χ1v) is 9.74. The first-order valence-electron chi connectivity index (χ1n) is 9.74. The molecule has 0 bridgehead atoms. The van der Waals surface area contributed by atoms with Crippen LogP contribution in [0.2, 0.25) is 0 Å². The van der Waals surface area contributed by atoms with Gasteiger partial charge in [-0.1, -0.05) is 30.3 Å². The molecule has 0 amide bonds. The van der Waals surface area contributed by atoms with Crippen LogP contribution in [0.4, 0.5) is 0 Å². The van der Waals surface area contributed by atoms with Crippen molar-refractivity contribution in [1.82, 2.24) is 9.88 Å². The highest BCUT2D eigenvalue weighted by atomic mass is 16.1. The molecule has 1 aromatic heterocycles. The topological polar surface area (TPSA) is 36.1 Å². The van der Waals surface area contributed by atoms with E-state index >= 15 is 0 Å². The van der Waals surface area contributed by atoms with E-state index in [2.05, 4.69) is 28.2 Å². The minimum Gasteiger partial charge on any atom is -0.361 e. The van der Waals surface area contributed by atoms with Crippen molar-refractivity contribution in [2.75, 3.05) is 13.1 Å². The molecule has 0 saturated carbocycles. The van der Waals surface area contributed by atoms with E-state index in [0.29, 0.717) is 5.92 Å². The number of piperidine rings is 1. The Hall–Kier alpha value is -2.39. The third-order valence-electron chi connectivity index (χ3n) is 6.27. The van der Waals surface area contributed by atoms with E-state index in [1.165, 1.54) is 49.7 Å². The van der Waals surface area contributed by atoms with Crippen molar-refractivity contribution in [2.45, 2.75) is 37.6 Å². The summed E-state index contributed by atoms with van der Waals surface area (Å²) in [6.07, 6.45) is 7.35. The molecule has 5 rings (SSSR count). The number of nitrogens with zero attached hydrogens (tertiary/aromatic N) is 1. The van der Waals surface area contributed by atoms with Gasteiger partial charge < -0.3 is 9.88 Å². The number of rotatable bonds is 3. The zero-order valence-corrected chi connectivity index (χ0v) is 14.9. The summed E-state index contributed by atoms with van der Waals surface area (Å²) < 4.78 is 0. The smallest absolute Gasteiger partial charge is 0.193 e. The third-order valence-corrected chi connectivity index (χ3v) is 6.27. The Bertz CT molecular complexity index is 949. The van der Waals surface area contributed by atoms with Crippen LogP contribution in [0.25, 0.3) is 10.9 Å². The molecule has 2 unspecified atom stereocenters. The summed E-state index contributed by atoms with van der Waals surface area (Å²) in [5.74, 6) is 0.704. The lowest BCUT2D eigenvalue weighted by Crippen LogP contribution is -2.37. The van der Waals surface area contributed by atoms with Crippen LogP contribution in [-0.4, -0.2) is 34.8 Å². The van der Waals surface area contributed by atoms with Crippen LogP contribution >= 0.6 is 0 Å². The minimum absolute atomic E-state index is 0. The van der Waals surface area contributed by atoms with Gasteiger partial charge in [-0.05, 0) is 68.5 Å². The molecule has 2 aromatic carbocycles. The molecule has 2 fully saturated rings. The molecule has 0 spiro atoms. The highest BCUT2D eigenvalue weighted by Gasteiger charge is 2.33. The molecule has 2 atom stereocenters. The monoisotopic (exact) mass is 346 g/mol. The number of hydrogen-bond acceptors (Lipinski definition) is 2. The summed E-state index contributed by atoms with van der Waals surface area (Å²) >= 11 is 0. The van der Waals surface area contributed by atoms with Crippen LogP contribution in [0, 0.1) is 0 Å². The Morgan fingerprint density at radius 1 is 1.04 bits per heavy atom. The third kappa shape index (κ3) is 2.67. The Labute approximate surface area is 155 Å². The average molecular weight is 346 g/mol. The lowest BCUT2D eigenvalue weighted by Gasteiger charge is -2.34. The SMILES string of the molecule is O=C(c1ccccc1)c1ccc2[nH]cc(C3CCN4CCCC4C3)c2c1.[HH]. The molecule has 2 aliphatic rings. The number of nitrogens with one attached hydrogen (secondary N) is 1. The first-order chi connectivity index (χ1) is 12.8. The molecule has 2 saturated heterocycles. The summed E-state index contributed by atoms with van der Waals surface area (Å²) in [5, 5.41) is 1.23. The second kappa shape index (κ2) is 6.40. The van der Waals surface area contributed by atoms with E-state index < -0.39 is 0 Å². The van der Waals surface area contributed by atoms with Crippen molar-refractivity contribution in [3.63, 3.8) is 0 Å². The Morgan fingerprint density at radius 2 is 1.92 bits per heavy atom. The summed E-state index contributed by atoms with van der Waals surface area (Å²) in [6, 6.07) is 16.4. The molecule has 0 aliphatic carbocycles. The highest BCUT2D eigenvalue weighted by molar-refractivity contribution is 6.10. The van der Waals surface area contributed by atoms with E-state index in [0.717, 1.165) is 22.7 Å². The maximum Gasteiger partial charge on any atom is 0.193 e. The first kappa shape index (κ1) is 15.8. The second-order valence-electron chi connectivity index (χ2n) is 7.75.